The molecule has 1 heterocycles. The first-order chi connectivity index (χ1) is 9.71. The minimum atomic E-state index is 0.688. The highest BCUT2D eigenvalue weighted by atomic mass is 15.1. The van der Waals surface area contributed by atoms with Crippen molar-refractivity contribution in [3.63, 3.8) is 0 Å². The first-order valence-electron chi connectivity index (χ1n) is 9.16. The quantitative estimate of drug-likeness (QED) is 0.642. The molecular formula is C18H38N2. The van der Waals surface area contributed by atoms with Gasteiger partial charge in [-0.1, -0.05) is 40.0 Å². The third kappa shape index (κ3) is 6.58. The molecule has 0 aromatic carbocycles. The molecule has 3 atom stereocenters. The molecule has 1 fully saturated rings. The largest absolute Gasteiger partial charge is 0.314 e. The average Bonchev–Trinajstić information content (AvgIpc) is 2.49. The summed E-state index contributed by atoms with van der Waals surface area (Å²) in [7, 11) is 0. The Labute approximate surface area is 127 Å². The molecule has 0 aromatic heterocycles. The average molecular weight is 283 g/mol. The van der Waals surface area contributed by atoms with E-state index in [0.717, 1.165) is 11.8 Å². The van der Waals surface area contributed by atoms with E-state index in [2.05, 4.69) is 37.9 Å². The maximum absolute atomic E-state index is 3.70. The van der Waals surface area contributed by atoms with Crippen LogP contribution in [-0.2, 0) is 0 Å². The van der Waals surface area contributed by atoms with Crippen molar-refractivity contribution in [1.82, 2.24) is 10.2 Å². The van der Waals surface area contributed by atoms with Gasteiger partial charge in [0.2, 0.25) is 0 Å². The maximum Gasteiger partial charge on any atom is 0.00792 e. The lowest BCUT2D eigenvalue weighted by atomic mass is 9.90. The van der Waals surface area contributed by atoms with Gasteiger partial charge in [-0.3, -0.25) is 0 Å². The van der Waals surface area contributed by atoms with Crippen LogP contribution in [0, 0.1) is 11.8 Å². The van der Waals surface area contributed by atoms with Crippen LogP contribution >= 0.6 is 0 Å². The number of likely N-dealkylation sites (tertiary alicyclic amines) is 1. The summed E-state index contributed by atoms with van der Waals surface area (Å²) in [5, 5.41) is 3.70. The molecule has 0 aromatic rings. The summed E-state index contributed by atoms with van der Waals surface area (Å²) in [4.78, 5) is 2.75. The van der Waals surface area contributed by atoms with Crippen molar-refractivity contribution < 1.29 is 0 Å². The topological polar surface area (TPSA) is 15.3 Å². The Kier molecular flexibility index (Phi) is 9.54. The Hall–Kier alpha value is -0.0800. The van der Waals surface area contributed by atoms with Crippen molar-refractivity contribution in [3.05, 3.63) is 0 Å². The molecule has 1 saturated heterocycles. The minimum absolute atomic E-state index is 0.688. The van der Waals surface area contributed by atoms with E-state index in [1.165, 1.54) is 71.1 Å². The number of hydrogen-bond donors (Lipinski definition) is 1. The van der Waals surface area contributed by atoms with Gasteiger partial charge in [-0.2, -0.15) is 0 Å². The second kappa shape index (κ2) is 10.6. The van der Waals surface area contributed by atoms with E-state index in [1.54, 1.807) is 0 Å². The lowest BCUT2D eigenvalue weighted by Crippen LogP contribution is -2.45. The van der Waals surface area contributed by atoms with E-state index in [-0.39, 0.29) is 0 Å². The summed E-state index contributed by atoms with van der Waals surface area (Å²) in [6, 6.07) is 0.688. The minimum Gasteiger partial charge on any atom is -0.314 e. The summed E-state index contributed by atoms with van der Waals surface area (Å²) in [5.74, 6) is 1.78. The van der Waals surface area contributed by atoms with E-state index >= 15 is 0 Å². The maximum atomic E-state index is 3.70. The summed E-state index contributed by atoms with van der Waals surface area (Å²) in [6.45, 7) is 14.5. The van der Waals surface area contributed by atoms with Gasteiger partial charge in [0, 0.05) is 19.1 Å². The number of hydrogen-bond acceptors (Lipinski definition) is 2. The fourth-order valence-electron chi connectivity index (χ4n) is 3.49. The van der Waals surface area contributed by atoms with Crippen molar-refractivity contribution >= 4 is 0 Å². The third-order valence-electron chi connectivity index (χ3n) is 5.03. The SMILES string of the molecule is CCCCC(CC)CN1CCCC(C(C)NCCC)C1. The molecule has 20 heavy (non-hydrogen) atoms. The molecule has 3 unspecified atom stereocenters. The zero-order valence-electron chi connectivity index (χ0n) is 14.5. The predicted octanol–water partition coefficient (Wildman–Crippen LogP) is 4.30. The Morgan fingerprint density at radius 1 is 1.20 bits per heavy atom. The van der Waals surface area contributed by atoms with Crippen molar-refractivity contribution in [1.29, 1.82) is 0 Å². The molecule has 1 aliphatic heterocycles. The van der Waals surface area contributed by atoms with Gasteiger partial charge >= 0.3 is 0 Å². The molecule has 0 bridgehead atoms. The van der Waals surface area contributed by atoms with Crippen LogP contribution in [0.5, 0.6) is 0 Å². The van der Waals surface area contributed by atoms with Gasteiger partial charge in [-0.15, -0.1) is 0 Å². The highest BCUT2D eigenvalue weighted by Gasteiger charge is 2.25. The molecular weight excluding hydrogens is 244 g/mol. The second-order valence-corrected chi connectivity index (χ2v) is 6.82. The van der Waals surface area contributed by atoms with Gasteiger partial charge < -0.3 is 10.2 Å². The monoisotopic (exact) mass is 282 g/mol. The Morgan fingerprint density at radius 2 is 2.00 bits per heavy atom. The molecule has 0 amide bonds. The summed E-state index contributed by atoms with van der Waals surface area (Å²) in [5.41, 5.74) is 0. The molecule has 1 aliphatic rings. The number of nitrogens with zero attached hydrogens (tertiary/aromatic N) is 1. The highest BCUT2D eigenvalue weighted by Crippen LogP contribution is 2.22. The van der Waals surface area contributed by atoms with Crippen LogP contribution in [0.2, 0.25) is 0 Å². The van der Waals surface area contributed by atoms with Crippen LogP contribution in [0.1, 0.15) is 72.6 Å². The number of piperidine rings is 1. The van der Waals surface area contributed by atoms with Gasteiger partial charge in [0.15, 0.2) is 0 Å². The normalized spacial score (nSPS) is 23.7. The standard InChI is InChI=1S/C18H38N2/c1-5-8-10-17(7-3)14-20-13-9-11-18(15-20)16(4)19-12-6-2/h16-19H,5-15H2,1-4H3. The molecule has 0 aliphatic carbocycles. The van der Waals surface area contributed by atoms with Gasteiger partial charge in [0.1, 0.15) is 0 Å². The summed E-state index contributed by atoms with van der Waals surface area (Å²) >= 11 is 0. The van der Waals surface area contributed by atoms with Gasteiger partial charge in [-0.05, 0) is 57.5 Å². The van der Waals surface area contributed by atoms with Crippen LogP contribution in [0.4, 0.5) is 0 Å². The van der Waals surface area contributed by atoms with E-state index < -0.39 is 0 Å². The second-order valence-electron chi connectivity index (χ2n) is 6.82. The molecule has 0 saturated carbocycles. The van der Waals surface area contributed by atoms with E-state index in [9.17, 15) is 0 Å². The highest BCUT2D eigenvalue weighted by molar-refractivity contribution is 4.81. The van der Waals surface area contributed by atoms with Crippen molar-refractivity contribution in [2.75, 3.05) is 26.2 Å². The van der Waals surface area contributed by atoms with E-state index in [0.29, 0.717) is 6.04 Å². The first kappa shape index (κ1) is 18.0. The van der Waals surface area contributed by atoms with Crippen LogP contribution in [-0.4, -0.2) is 37.1 Å². The first-order valence-corrected chi connectivity index (χ1v) is 9.16. The fraction of sp³-hybridized carbons (Fsp3) is 1.00. The van der Waals surface area contributed by atoms with Crippen molar-refractivity contribution in [3.8, 4) is 0 Å². The Morgan fingerprint density at radius 3 is 2.65 bits per heavy atom. The lowest BCUT2D eigenvalue weighted by molar-refractivity contribution is 0.128. The molecule has 120 valence electrons. The smallest absolute Gasteiger partial charge is 0.00792 e. The van der Waals surface area contributed by atoms with Gasteiger partial charge in [0.05, 0.1) is 0 Å². The summed E-state index contributed by atoms with van der Waals surface area (Å²) < 4.78 is 0. The van der Waals surface area contributed by atoms with Gasteiger partial charge in [0.25, 0.3) is 0 Å². The van der Waals surface area contributed by atoms with Crippen molar-refractivity contribution in [2.45, 2.75) is 78.7 Å². The van der Waals surface area contributed by atoms with Crippen LogP contribution in [0.15, 0.2) is 0 Å². The number of nitrogens with one attached hydrogen (secondary N) is 1. The molecule has 0 spiro atoms. The molecule has 2 heteroatoms. The fourth-order valence-corrected chi connectivity index (χ4v) is 3.49. The zero-order chi connectivity index (χ0) is 14.8. The van der Waals surface area contributed by atoms with Crippen molar-refractivity contribution in [2.24, 2.45) is 11.8 Å². The van der Waals surface area contributed by atoms with Gasteiger partial charge in [-0.25, -0.2) is 0 Å². The van der Waals surface area contributed by atoms with E-state index in [1.807, 2.05) is 0 Å². The summed E-state index contributed by atoms with van der Waals surface area (Å²) in [6.07, 6.45) is 9.59. The number of unbranched alkanes of at least 4 members (excludes halogenated alkanes) is 1. The Balaban J connectivity index is 2.35. The van der Waals surface area contributed by atoms with Crippen LogP contribution in [0.25, 0.3) is 0 Å². The molecule has 1 rings (SSSR count). The van der Waals surface area contributed by atoms with Crippen LogP contribution in [0.3, 0.4) is 0 Å². The molecule has 2 nitrogen and oxygen atoms in total. The molecule has 0 radical (unpaired) electrons. The Bertz CT molecular complexity index is 229. The van der Waals surface area contributed by atoms with E-state index in [4.69, 9.17) is 0 Å². The zero-order valence-corrected chi connectivity index (χ0v) is 14.5. The predicted molar refractivity (Wildman–Crippen MR) is 90.2 cm³/mol. The van der Waals surface area contributed by atoms with Crippen LogP contribution < -0.4 is 5.32 Å². The number of rotatable bonds is 10. The lowest BCUT2D eigenvalue weighted by Gasteiger charge is -2.37. The molecule has 1 N–H and O–H groups in total. The third-order valence-corrected chi connectivity index (χ3v) is 5.03.